The lowest BCUT2D eigenvalue weighted by molar-refractivity contribution is -0.123. The van der Waals surface area contributed by atoms with Crippen LogP contribution in [0.3, 0.4) is 0 Å². The monoisotopic (exact) mass is 295 g/mol. The second-order valence-corrected chi connectivity index (χ2v) is 6.21. The number of aryl methyl sites for hydroxylation is 1. The number of nitrogens with one attached hydrogen (secondary N) is 2. The van der Waals surface area contributed by atoms with Gasteiger partial charge in [0.25, 0.3) is 0 Å². The highest BCUT2D eigenvalue weighted by Crippen LogP contribution is 2.34. The number of alkyl halides is 1. The quantitative estimate of drug-likeness (QED) is 0.790. The fourth-order valence-corrected chi connectivity index (χ4v) is 3.10. The van der Waals surface area contributed by atoms with Gasteiger partial charge in [0.2, 0.25) is 5.91 Å². The first-order valence-corrected chi connectivity index (χ1v) is 7.14. The van der Waals surface area contributed by atoms with Crippen LogP contribution in [-0.2, 0) is 11.2 Å². The van der Waals surface area contributed by atoms with Crippen molar-refractivity contribution in [2.45, 2.75) is 43.9 Å². The van der Waals surface area contributed by atoms with Crippen LogP contribution in [0.5, 0.6) is 0 Å². The van der Waals surface area contributed by atoms with Crippen molar-refractivity contribution >= 4 is 11.6 Å². The second-order valence-electron chi connectivity index (χ2n) is 6.21. The molecule has 0 spiro atoms. The van der Waals surface area contributed by atoms with Crippen LogP contribution in [0.2, 0.25) is 0 Å². The summed E-state index contributed by atoms with van der Waals surface area (Å²) in [5.74, 6) is -0.611. The Hall–Kier alpha value is -1.69. The number of nitrogens with two attached hydrogens (primary N) is 1. The number of fused-ring (bicyclic) bond motifs is 1. The van der Waals surface area contributed by atoms with E-state index in [4.69, 9.17) is 5.73 Å². The average molecular weight is 295 g/mol. The molecule has 0 bridgehead atoms. The van der Waals surface area contributed by atoms with Crippen molar-refractivity contribution in [3.8, 4) is 0 Å². The lowest BCUT2D eigenvalue weighted by Gasteiger charge is -2.39. The summed E-state index contributed by atoms with van der Waals surface area (Å²) in [5.41, 5.74) is 6.14. The van der Waals surface area contributed by atoms with E-state index in [9.17, 15) is 13.6 Å². The van der Waals surface area contributed by atoms with E-state index in [1.807, 2.05) is 6.07 Å². The molecular formula is C15H19F2N3O. The van der Waals surface area contributed by atoms with Gasteiger partial charge >= 0.3 is 0 Å². The minimum absolute atomic E-state index is 0.0322. The van der Waals surface area contributed by atoms with Crippen molar-refractivity contribution in [2.24, 2.45) is 5.73 Å². The normalized spacial score (nSPS) is 30.3. The lowest BCUT2D eigenvalue weighted by Crippen LogP contribution is -2.55. The molecule has 1 saturated carbocycles. The first-order chi connectivity index (χ1) is 9.86. The standard InChI is InChI=1S/C15H19F2N3O/c1-8-2-11(16)10-4-13(20-12(10)3-8)14(21)19-7-15(17)5-9(18)6-15/h2-3,9,13,20H,4-7,18H2,1H3,(H,19,21). The molecule has 114 valence electrons. The van der Waals surface area contributed by atoms with E-state index >= 15 is 0 Å². The van der Waals surface area contributed by atoms with Gasteiger partial charge in [0, 0.05) is 23.7 Å². The minimum Gasteiger partial charge on any atom is -0.373 e. The summed E-state index contributed by atoms with van der Waals surface area (Å²) in [5, 5.41) is 5.60. The number of amides is 1. The van der Waals surface area contributed by atoms with E-state index < -0.39 is 11.7 Å². The molecule has 1 aliphatic heterocycles. The van der Waals surface area contributed by atoms with Crippen LogP contribution in [0.1, 0.15) is 24.0 Å². The van der Waals surface area contributed by atoms with Crippen molar-refractivity contribution in [1.82, 2.24) is 5.32 Å². The van der Waals surface area contributed by atoms with E-state index in [2.05, 4.69) is 10.6 Å². The van der Waals surface area contributed by atoms with Gasteiger partial charge in [-0.1, -0.05) is 0 Å². The number of carbonyl (C=O) groups excluding carboxylic acids is 1. The number of halogens is 2. The summed E-state index contributed by atoms with van der Waals surface area (Å²) in [7, 11) is 0. The minimum atomic E-state index is -1.39. The third kappa shape index (κ3) is 2.72. The Morgan fingerprint density at radius 2 is 2.24 bits per heavy atom. The lowest BCUT2D eigenvalue weighted by atomic mass is 9.78. The summed E-state index contributed by atoms with van der Waals surface area (Å²) < 4.78 is 27.8. The van der Waals surface area contributed by atoms with Crippen molar-refractivity contribution < 1.29 is 13.6 Å². The predicted molar refractivity (Wildman–Crippen MR) is 76.3 cm³/mol. The maximum absolute atomic E-state index is 14.0. The molecule has 1 unspecified atom stereocenters. The molecule has 6 heteroatoms. The molecule has 0 saturated heterocycles. The first-order valence-electron chi connectivity index (χ1n) is 7.14. The van der Waals surface area contributed by atoms with Crippen molar-refractivity contribution in [3.63, 3.8) is 0 Å². The number of benzene rings is 1. The number of hydrogen-bond acceptors (Lipinski definition) is 3. The van der Waals surface area contributed by atoms with Crippen LogP contribution in [-0.4, -0.2) is 30.2 Å². The topological polar surface area (TPSA) is 67.2 Å². The maximum Gasteiger partial charge on any atom is 0.242 e. The summed E-state index contributed by atoms with van der Waals surface area (Å²) in [6.07, 6.45) is 0.838. The Labute approximate surface area is 122 Å². The summed E-state index contributed by atoms with van der Waals surface area (Å²) in [6, 6.07) is 2.60. The van der Waals surface area contributed by atoms with Gasteiger partial charge in [-0.05, 0) is 37.5 Å². The molecule has 1 amide bonds. The fourth-order valence-electron chi connectivity index (χ4n) is 3.10. The van der Waals surface area contributed by atoms with E-state index in [0.717, 1.165) is 5.56 Å². The molecule has 3 rings (SSSR count). The Balaban J connectivity index is 1.59. The molecule has 21 heavy (non-hydrogen) atoms. The van der Waals surface area contributed by atoms with E-state index in [-0.39, 0.29) is 43.6 Å². The van der Waals surface area contributed by atoms with E-state index in [1.54, 1.807) is 6.92 Å². The Bertz CT molecular complexity index is 585. The molecule has 0 radical (unpaired) electrons. The molecule has 1 fully saturated rings. The molecule has 2 aliphatic rings. The van der Waals surface area contributed by atoms with Gasteiger partial charge in [-0.15, -0.1) is 0 Å². The highest BCUT2D eigenvalue weighted by molar-refractivity contribution is 5.87. The van der Waals surface area contributed by atoms with Crippen molar-refractivity contribution in [1.29, 1.82) is 0 Å². The van der Waals surface area contributed by atoms with Crippen molar-refractivity contribution in [2.75, 3.05) is 11.9 Å². The van der Waals surface area contributed by atoms with Crippen LogP contribution >= 0.6 is 0 Å². The van der Waals surface area contributed by atoms with Crippen molar-refractivity contribution in [3.05, 3.63) is 29.1 Å². The molecule has 1 aromatic carbocycles. The molecule has 4 nitrogen and oxygen atoms in total. The molecule has 1 atom stereocenters. The van der Waals surface area contributed by atoms with Gasteiger partial charge in [-0.2, -0.15) is 0 Å². The molecule has 1 heterocycles. The van der Waals surface area contributed by atoms with Crippen LogP contribution in [0.4, 0.5) is 14.5 Å². The van der Waals surface area contributed by atoms with Gasteiger partial charge in [0.05, 0.1) is 6.54 Å². The zero-order chi connectivity index (χ0) is 15.2. The highest BCUT2D eigenvalue weighted by atomic mass is 19.1. The van der Waals surface area contributed by atoms with Gasteiger partial charge < -0.3 is 16.4 Å². The van der Waals surface area contributed by atoms with E-state index in [0.29, 0.717) is 11.3 Å². The number of hydrogen-bond donors (Lipinski definition) is 3. The molecule has 1 aromatic rings. The summed E-state index contributed by atoms with van der Waals surface area (Å²) >= 11 is 0. The molecular weight excluding hydrogens is 276 g/mol. The van der Waals surface area contributed by atoms with Crippen LogP contribution in [0, 0.1) is 12.7 Å². The largest absolute Gasteiger partial charge is 0.373 e. The number of anilines is 1. The van der Waals surface area contributed by atoms with Crippen LogP contribution in [0.25, 0.3) is 0 Å². The summed E-state index contributed by atoms with van der Waals surface area (Å²) in [4.78, 5) is 12.1. The van der Waals surface area contributed by atoms with Crippen LogP contribution in [0.15, 0.2) is 12.1 Å². The number of rotatable bonds is 3. The summed E-state index contributed by atoms with van der Waals surface area (Å²) in [6.45, 7) is 1.76. The molecule has 4 N–H and O–H groups in total. The smallest absolute Gasteiger partial charge is 0.242 e. The molecule has 1 aliphatic carbocycles. The average Bonchev–Trinajstić information content (AvgIpc) is 2.78. The van der Waals surface area contributed by atoms with Gasteiger partial charge in [-0.25, -0.2) is 8.78 Å². The second kappa shape index (κ2) is 4.94. The molecule has 0 aromatic heterocycles. The first kappa shape index (κ1) is 14.3. The Morgan fingerprint density at radius 3 is 2.90 bits per heavy atom. The van der Waals surface area contributed by atoms with Gasteiger partial charge in [0.1, 0.15) is 17.5 Å². The Morgan fingerprint density at radius 1 is 1.52 bits per heavy atom. The van der Waals surface area contributed by atoms with Gasteiger partial charge in [-0.3, -0.25) is 4.79 Å². The fraction of sp³-hybridized carbons (Fsp3) is 0.533. The zero-order valence-corrected chi connectivity index (χ0v) is 11.9. The maximum atomic E-state index is 14.0. The zero-order valence-electron chi connectivity index (χ0n) is 11.9. The third-order valence-corrected chi connectivity index (χ3v) is 4.23. The third-order valence-electron chi connectivity index (χ3n) is 4.23. The van der Waals surface area contributed by atoms with Gasteiger partial charge in [0.15, 0.2) is 0 Å². The SMILES string of the molecule is Cc1cc(F)c2c(c1)NC(C(=O)NCC1(F)CC(N)C1)C2. The Kier molecular flexibility index (Phi) is 3.36. The van der Waals surface area contributed by atoms with E-state index in [1.165, 1.54) is 6.07 Å². The highest BCUT2D eigenvalue weighted by Gasteiger charge is 2.43. The van der Waals surface area contributed by atoms with Crippen LogP contribution < -0.4 is 16.4 Å². The number of carbonyl (C=O) groups is 1. The predicted octanol–water partition coefficient (Wildman–Crippen LogP) is 1.42.